The fourth-order valence-electron chi connectivity index (χ4n) is 4.85. The van der Waals surface area contributed by atoms with Crippen LogP contribution < -0.4 is 10.2 Å². The van der Waals surface area contributed by atoms with Crippen LogP contribution in [0, 0.1) is 0 Å². The van der Waals surface area contributed by atoms with Crippen LogP contribution >= 0.6 is 0 Å². The van der Waals surface area contributed by atoms with E-state index in [0.29, 0.717) is 12.1 Å². The van der Waals surface area contributed by atoms with Gasteiger partial charge in [0.25, 0.3) is 0 Å². The van der Waals surface area contributed by atoms with E-state index in [1.54, 1.807) is 0 Å². The second kappa shape index (κ2) is 8.31. The van der Waals surface area contributed by atoms with E-state index in [4.69, 9.17) is 4.98 Å². The van der Waals surface area contributed by atoms with Crippen LogP contribution in [-0.2, 0) is 5.41 Å². The highest BCUT2D eigenvalue weighted by atomic mass is 15.2. The molecule has 0 amide bonds. The molecule has 33 heavy (non-hydrogen) atoms. The van der Waals surface area contributed by atoms with Crippen LogP contribution in [0.1, 0.15) is 40.2 Å². The SMILES string of the molecule is C[C@@H]1CNC[C@H](C)N1c1ccc(-c2cnc3c(-c4cccc(C(C)(C)C)c4)cnn3c2)cc1. The van der Waals surface area contributed by atoms with Crippen LogP contribution in [0.25, 0.3) is 27.9 Å². The largest absolute Gasteiger partial charge is 0.364 e. The molecule has 1 aliphatic rings. The van der Waals surface area contributed by atoms with Crippen LogP contribution in [0.3, 0.4) is 0 Å². The van der Waals surface area contributed by atoms with Crippen molar-refractivity contribution in [1.29, 1.82) is 0 Å². The molecule has 0 spiro atoms. The molecule has 2 atom stereocenters. The lowest BCUT2D eigenvalue weighted by Crippen LogP contribution is -2.55. The number of nitrogens with zero attached hydrogens (tertiary/aromatic N) is 4. The predicted octanol–water partition coefficient (Wildman–Crippen LogP) is 5.55. The summed E-state index contributed by atoms with van der Waals surface area (Å²) in [4.78, 5) is 7.31. The highest BCUT2D eigenvalue weighted by Crippen LogP contribution is 2.31. The minimum atomic E-state index is 0.103. The van der Waals surface area contributed by atoms with Crippen molar-refractivity contribution in [2.75, 3.05) is 18.0 Å². The third-order valence-corrected chi connectivity index (χ3v) is 6.72. The number of nitrogens with one attached hydrogen (secondary N) is 1. The van der Waals surface area contributed by atoms with Crippen LogP contribution in [0.5, 0.6) is 0 Å². The van der Waals surface area contributed by atoms with Gasteiger partial charge in [0.1, 0.15) is 0 Å². The molecule has 0 bridgehead atoms. The lowest BCUT2D eigenvalue weighted by atomic mass is 9.85. The Morgan fingerprint density at radius 3 is 2.30 bits per heavy atom. The van der Waals surface area contributed by atoms with E-state index in [0.717, 1.165) is 41.0 Å². The maximum atomic E-state index is 4.80. The number of piperazine rings is 1. The molecular weight excluding hydrogens is 406 g/mol. The summed E-state index contributed by atoms with van der Waals surface area (Å²) >= 11 is 0. The van der Waals surface area contributed by atoms with Gasteiger partial charge in [-0.2, -0.15) is 5.10 Å². The molecule has 2 aromatic carbocycles. The number of anilines is 1. The summed E-state index contributed by atoms with van der Waals surface area (Å²) in [6.07, 6.45) is 5.95. The van der Waals surface area contributed by atoms with Crippen molar-refractivity contribution in [2.24, 2.45) is 0 Å². The first kappa shape index (κ1) is 21.7. The maximum absolute atomic E-state index is 4.80. The van der Waals surface area contributed by atoms with Crippen LogP contribution in [0.2, 0.25) is 0 Å². The van der Waals surface area contributed by atoms with Gasteiger partial charge < -0.3 is 10.2 Å². The summed E-state index contributed by atoms with van der Waals surface area (Å²) < 4.78 is 1.89. The highest BCUT2D eigenvalue weighted by molar-refractivity contribution is 5.78. The number of aromatic nitrogens is 3. The van der Waals surface area contributed by atoms with Crippen molar-refractivity contribution >= 4 is 11.3 Å². The smallest absolute Gasteiger partial charge is 0.162 e. The van der Waals surface area contributed by atoms with E-state index in [9.17, 15) is 0 Å². The molecule has 0 radical (unpaired) electrons. The van der Waals surface area contributed by atoms with Gasteiger partial charge >= 0.3 is 0 Å². The number of hydrogen-bond acceptors (Lipinski definition) is 4. The lowest BCUT2D eigenvalue weighted by Gasteiger charge is -2.41. The monoisotopic (exact) mass is 439 g/mol. The normalized spacial score (nSPS) is 19.2. The number of fused-ring (bicyclic) bond motifs is 1. The molecule has 0 aliphatic carbocycles. The molecule has 4 aromatic rings. The molecule has 1 aliphatic heterocycles. The Labute approximate surface area is 196 Å². The van der Waals surface area contributed by atoms with E-state index in [2.05, 4.69) is 105 Å². The Balaban J connectivity index is 1.44. The Hall–Kier alpha value is -3.18. The average Bonchev–Trinajstić information content (AvgIpc) is 3.22. The first-order valence-corrected chi connectivity index (χ1v) is 11.8. The van der Waals surface area contributed by atoms with Crippen LogP contribution in [0.4, 0.5) is 5.69 Å². The Bertz CT molecular complexity index is 1260. The van der Waals surface area contributed by atoms with E-state index >= 15 is 0 Å². The van der Waals surface area contributed by atoms with E-state index in [1.807, 2.05) is 16.9 Å². The van der Waals surface area contributed by atoms with Crippen LogP contribution in [0.15, 0.2) is 67.1 Å². The fraction of sp³-hybridized carbons (Fsp3) is 0.357. The minimum absolute atomic E-state index is 0.103. The van der Waals surface area contributed by atoms with Gasteiger partial charge in [0.05, 0.1) is 6.20 Å². The molecule has 5 heteroatoms. The molecule has 1 saturated heterocycles. The van der Waals surface area contributed by atoms with Crippen molar-refractivity contribution < 1.29 is 0 Å². The predicted molar refractivity (Wildman–Crippen MR) is 137 cm³/mol. The summed E-state index contributed by atoms with van der Waals surface area (Å²) in [6, 6.07) is 18.5. The minimum Gasteiger partial charge on any atom is -0.364 e. The molecule has 3 heterocycles. The van der Waals surface area contributed by atoms with Gasteiger partial charge in [0.15, 0.2) is 5.65 Å². The van der Waals surface area contributed by atoms with E-state index < -0.39 is 0 Å². The van der Waals surface area contributed by atoms with Gasteiger partial charge in [-0.05, 0) is 48.1 Å². The molecule has 2 aromatic heterocycles. The number of hydrogen-bond donors (Lipinski definition) is 1. The third-order valence-electron chi connectivity index (χ3n) is 6.72. The molecule has 1 fully saturated rings. The number of benzene rings is 2. The van der Waals surface area contributed by atoms with E-state index in [1.165, 1.54) is 11.3 Å². The zero-order chi connectivity index (χ0) is 23.2. The molecule has 0 saturated carbocycles. The second-order valence-electron chi connectivity index (χ2n) is 10.3. The van der Waals surface area contributed by atoms with Gasteiger partial charge in [-0.15, -0.1) is 0 Å². The molecular formula is C28H33N5. The average molecular weight is 440 g/mol. The van der Waals surface area contributed by atoms with E-state index in [-0.39, 0.29) is 5.41 Å². The van der Waals surface area contributed by atoms with Gasteiger partial charge in [0, 0.05) is 54.4 Å². The highest BCUT2D eigenvalue weighted by Gasteiger charge is 2.24. The summed E-state index contributed by atoms with van der Waals surface area (Å²) in [7, 11) is 0. The zero-order valence-corrected chi connectivity index (χ0v) is 20.2. The van der Waals surface area contributed by atoms with Crippen molar-refractivity contribution in [2.45, 2.75) is 52.1 Å². The molecule has 0 unspecified atom stereocenters. The van der Waals surface area contributed by atoms with Crippen molar-refractivity contribution in [3.05, 3.63) is 72.7 Å². The maximum Gasteiger partial charge on any atom is 0.162 e. The topological polar surface area (TPSA) is 45.5 Å². The molecule has 1 N–H and O–H groups in total. The van der Waals surface area contributed by atoms with Gasteiger partial charge in [-0.1, -0.05) is 57.2 Å². The Morgan fingerprint density at radius 2 is 1.61 bits per heavy atom. The van der Waals surface area contributed by atoms with Crippen molar-refractivity contribution in [3.63, 3.8) is 0 Å². The summed E-state index contributed by atoms with van der Waals surface area (Å²) in [6.45, 7) is 13.3. The quantitative estimate of drug-likeness (QED) is 0.455. The Kier molecular flexibility index (Phi) is 5.45. The lowest BCUT2D eigenvalue weighted by molar-refractivity contribution is 0.432. The van der Waals surface area contributed by atoms with Crippen molar-refractivity contribution in [3.8, 4) is 22.3 Å². The second-order valence-corrected chi connectivity index (χ2v) is 10.3. The summed E-state index contributed by atoms with van der Waals surface area (Å²) in [5.74, 6) is 0. The Morgan fingerprint density at radius 1 is 0.879 bits per heavy atom. The first-order valence-electron chi connectivity index (χ1n) is 11.8. The van der Waals surface area contributed by atoms with Crippen molar-refractivity contribution in [1.82, 2.24) is 19.9 Å². The summed E-state index contributed by atoms with van der Waals surface area (Å²) in [5.41, 5.74) is 7.99. The molecule has 5 rings (SSSR count). The number of rotatable bonds is 3. The van der Waals surface area contributed by atoms with Gasteiger partial charge in [-0.25, -0.2) is 9.50 Å². The van der Waals surface area contributed by atoms with Crippen LogP contribution in [-0.4, -0.2) is 39.8 Å². The molecule has 5 nitrogen and oxygen atoms in total. The molecule has 170 valence electrons. The summed E-state index contributed by atoms with van der Waals surface area (Å²) in [5, 5.41) is 8.13. The third kappa shape index (κ3) is 4.13. The zero-order valence-electron chi connectivity index (χ0n) is 20.2. The first-order chi connectivity index (χ1) is 15.8. The fourth-order valence-corrected chi connectivity index (χ4v) is 4.85. The standard InChI is InChI=1S/C28H33N5/c1-19-14-29-15-20(2)33(19)25-11-9-21(10-12-25)23-16-30-27-26(17-31-32(27)18-23)22-7-6-8-24(13-22)28(3,4)5/h6-13,16-20,29H,14-15H2,1-5H3/t19-,20+. The van der Waals surface area contributed by atoms with Gasteiger partial charge in [0.2, 0.25) is 0 Å². The van der Waals surface area contributed by atoms with Gasteiger partial charge in [-0.3, -0.25) is 0 Å².